The van der Waals surface area contributed by atoms with Gasteiger partial charge in [-0.3, -0.25) is 0 Å². The van der Waals surface area contributed by atoms with E-state index in [1.54, 1.807) is 10.7 Å². The Morgan fingerprint density at radius 1 is 1.17 bits per heavy atom. The van der Waals surface area contributed by atoms with Gasteiger partial charge in [-0.25, -0.2) is 19.0 Å². The van der Waals surface area contributed by atoms with E-state index in [4.69, 9.17) is 10.5 Å². The maximum atomic E-state index is 14.0. The Morgan fingerprint density at radius 3 is 2.83 bits per heavy atom. The maximum absolute atomic E-state index is 14.0. The van der Waals surface area contributed by atoms with Crippen molar-refractivity contribution in [2.24, 2.45) is 0 Å². The summed E-state index contributed by atoms with van der Waals surface area (Å²) in [6, 6.07) is 14.2. The molecule has 0 bridgehead atoms. The molecule has 0 radical (unpaired) electrons. The van der Waals surface area contributed by atoms with Gasteiger partial charge < -0.3 is 10.5 Å². The third-order valence-corrected chi connectivity index (χ3v) is 6.01. The lowest BCUT2D eigenvalue weighted by atomic mass is 9.92. The van der Waals surface area contributed by atoms with Gasteiger partial charge in [-0.05, 0) is 58.8 Å². The summed E-state index contributed by atoms with van der Waals surface area (Å²) in [5.74, 6) is 1.60. The standard InChI is InChI=1S/C22H17FIN5O/c1-12(29-22-18(20(24)28-29)21(25)26-11-27-22)19-16(13-6-4-7-15(23)9-13)10-14-5-2-3-8-17(14)30-19/h2-9,11-12H,10H2,1H3,(H2,25,26,27). The third-order valence-electron chi connectivity index (χ3n) is 5.25. The molecule has 1 aliphatic heterocycles. The van der Waals surface area contributed by atoms with E-state index >= 15 is 0 Å². The fourth-order valence-electron chi connectivity index (χ4n) is 3.80. The van der Waals surface area contributed by atoms with E-state index in [0.29, 0.717) is 29.0 Å². The molecule has 30 heavy (non-hydrogen) atoms. The van der Waals surface area contributed by atoms with Gasteiger partial charge in [-0.2, -0.15) is 5.10 Å². The summed E-state index contributed by atoms with van der Waals surface area (Å²) >= 11 is 2.13. The highest BCUT2D eigenvalue weighted by molar-refractivity contribution is 14.1. The van der Waals surface area contributed by atoms with Gasteiger partial charge in [-0.1, -0.05) is 30.3 Å². The molecule has 0 amide bonds. The van der Waals surface area contributed by atoms with Crippen molar-refractivity contribution >= 4 is 45.0 Å². The number of ether oxygens (including phenoxy) is 1. The highest BCUT2D eigenvalue weighted by Gasteiger charge is 2.28. The number of para-hydroxylation sites is 1. The molecule has 1 aliphatic rings. The predicted octanol–water partition coefficient (Wildman–Crippen LogP) is 4.76. The summed E-state index contributed by atoms with van der Waals surface area (Å²) < 4.78 is 22.9. The number of allylic oxidation sites excluding steroid dienone is 2. The molecule has 3 heterocycles. The van der Waals surface area contributed by atoms with Gasteiger partial charge in [0, 0.05) is 12.0 Å². The van der Waals surface area contributed by atoms with Gasteiger partial charge in [0.2, 0.25) is 0 Å². The summed E-state index contributed by atoms with van der Waals surface area (Å²) in [4.78, 5) is 8.48. The van der Waals surface area contributed by atoms with E-state index in [1.165, 1.54) is 18.5 Å². The lowest BCUT2D eigenvalue weighted by Crippen LogP contribution is -2.20. The Balaban J connectivity index is 1.70. The van der Waals surface area contributed by atoms with E-state index in [1.807, 2.05) is 37.3 Å². The molecule has 0 fully saturated rings. The Labute approximate surface area is 185 Å². The predicted molar refractivity (Wildman–Crippen MR) is 121 cm³/mol. The highest BCUT2D eigenvalue weighted by Crippen LogP contribution is 2.40. The monoisotopic (exact) mass is 513 g/mol. The molecule has 2 aromatic heterocycles. The first-order valence-corrected chi connectivity index (χ1v) is 10.5. The summed E-state index contributed by atoms with van der Waals surface area (Å²) in [5.41, 5.74) is 9.44. The van der Waals surface area contributed by atoms with Crippen LogP contribution in [0.25, 0.3) is 16.6 Å². The molecule has 6 nitrogen and oxygen atoms in total. The third kappa shape index (κ3) is 3.11. The fourth-order valence-corrected chi connectivity index (χ4v) is 4.55. The molecule has 2 N–H and O–H groups in total. The Hall–Kier alpha value is -3.01. The van der Waals surface area contributed by atoms with Gasteiger partial charge in [-0.15, -0.1) is 0 Å². The minimum absolute atomic E-state index is 0.287. The van der Waals surface area contributed by atoms with Crippen LogP contribution in [0.5, 0.6) is 5.75 Å². The number of hydrogen-bond donors (Lipinski definition) is 1. The SMILES string of the molecule is CC(C1=C(c2cccc(F)c2)Cc2ccccc2O1)n1nc(I)c2c(N)ncnc21. The first kappa shape index (κ1) is 19.0. The van der Waals surface area contributed by atoms with Gasteiger partial charge in [0.25, 0.3) is 0 Å². The second kappa shape index (κ2) is 7.35. The summed E-state index contributed by atoms with van der Waals surface area (Å²) in [5, 5.41) is 5.38. The number of nitrogens with zero attached hydrogens (tertiary/aromatic N) is 4. The molecule has 8 heteroatoms. The lowest BCUT2D eigenvalue weighted by molar-refractivity contribution is 0.338. The van der Waals surface area contributed by atoms with Crippen LogP contribution in [0, 0.1) is 9.52 Å². The van der Waals surface area contributed by atoms with Crippen LogP contribution in [0.1, 0.15) is 24.1 Å². The molecule has 0 saturated heterocycles. The molecular weight excluding hydrogens is 496 g/mol. The topological polar surface area (TPSA) is 78.9 Å². The second-order valence-electron chi connectivity index (χ2n) is 7.11. The van der Waals surface area contributed by atoms with Crippen molar-refractivity contribution in [3.8, 4) is 5.75 Å². The van der Waals surface area contributed by atoms with Crippen LogP contribution in [0.2, 0.25) is 0 Å². The molecule has 5 rings (SSSR count). The van der Waals surface area contributed by atoms with Crippen molar-refractivity contribution in [2.45, 2.75) is 19.4 Å². The number of rotatable bonds is 3. The molecule has 0 saturated carbocycles. The number of nitrogen functional groups attached to an aromatic ring is 1. The second-order valence-corrected chi connectivity index (χ2v) is 8.13. The molecule has 4 aromatic rings. The first-order chi connectivity index (χ1) is 14.5. The van der Waals surface area contributed by atoms with Crippen LogP contribution in [0.15, 0.2) is 60.6 Å². The molecule has 1 atom stereocenters. The molecule has 0 spiro atoms. The van der Waals surface area contributed by atoms with Gasteiger partial charge in [0.1, 0.15) is 39.2 Å². The van der Waals surface area contributed by atoms with Crippen molar-refractivity contribution in [1.82, 2.24) is 19.7 Å². The first-order valence-electron chi connectivity index (χ1n) is 9.42. The van der Waals surface area contributed by atoms with Crippen LogP contribution in [0.3, 0.4) is 0 Å². The molecule has 0 aliphatic carbocycles. The van der Waals surface area contributed by atoms with E-state index in [9.17, 15) is 4.39 Å². The highest BCUT2D eigenvalue weighted by atomic mass is 127. The number of anilines is 1. The molecular formula is C22H17FIN5O. The van der Waals surface area contributed by atoms with E-state index < -0.39 is 0 Å². The smallest absolute Gasteiger partial charge is 0.165 e. The summed E-state index contributed by atoms with van der Waals surface area (Å²) in [6.07, 6.45) is 2.06. The zero-order valence-corrected chi connectivity index (χ0v) is 18.2. The summed E-state index contributed by atoms with van der Waals surface area (Å²) in [6.45, 7) is 1.99. The lowest BCUT2D eigenvalue weighted by Gasteiger charge is -2.27. The Bertz CT molecular complexity index is 1320. The van der Waals surface area contributed by atoms with Crippen molar-refractivity contribution in [1.29, 1.82) is 0 Å². The normalized spacial score (nSPS) is 14.5. The minimum Gasteiger partial charge on any atom is -0.459 e. The summed E-state index contributed by atoms with van der Waals surface area (Å²) in [7, 11) is 0. The van der Waals surface area contributed by atoms with Crippen LogP contribution in [-0.2, 0) is 6.42 Å². The molecule has 150 valence electrons. The van der Waals surface area contributed by atoms with Gasteiger partial charge in [0.15, 0.2) is 5.65 Å². The van der Waals surface area contributed by atoms with Crippen LogP contribution in [0.4, 0.5) is 10.2 Å². The zero-order chi connectivity index (χ0) is 20.8. The van der Waals surface area contributed by atoms with Crippen LogP contribution in [-0.4, -0.2) is 19.7 Å². The molecule has 1 unspecified atom stereocenters. The van der Waals surface area contributed by atoms with Crippen molar-refractivity contribution in [2.75, 3.05) is 5.73 Å². The number of halogens is 2. The largest absolute Gasteiger partial charge is 0.459 e. The number of hydrogen-bond acceptors (Lipinski definition) is 5. The number of nitrogens with two attached hydrogens (primary N) is 1. The van der Waals surface area contributed by atoms with Crippen molar-refractivity contribution in [3.05, 3.63) is 81.3 Å². The Kier molecular flexibility index (Phi) is 4.65. The average molecular weight is 513 g/mol. The fraction of sp³-hybridized carbons (Fsp3) is 0.136. The van der Waals surface area contributed by atoms with E-state index in [-0.39, 0.29) is 11.9 Å². The average Bonchev–Trinajstić information content (AvgIpc) is 3.10. The van der Waals surface area contributed by atoms with Crippen LogP contribution >= 0.6 is 22.6 Å². The van der Waals surface area contributed by atoms with E-state index in [2.05, 4.69) is 37.7 Å². The number of fused-ring (bicyclic) bond motifs is 2. The zero-order valence-electron chi connectivity index (χ0n) is 16.0. The van der Waals surface area contributed by atoms with Gasteiger partial charge in [0.05, 0.1) is 5.39 Å². The Morgan fingerprint density at radius 2 is 2.00 bits per heavy atom. The minimum atomic E-state index is -0.295. The quantitative estimate of drug-likeness (QED) is 0.400. The van der Waals surface area contributed by atoms with Crippen LogP contribution < -0.4 is 10.5 Å². The van der Waals surface area contributed by atoms with Crippen molar-refractivity contribution in [3.63, 3.8) is 0 Å². The molecule has 2 aromatic carbocycles. The van der Waals surface area contributed by atoms with Crippen molar-refractivity contribution < 1.29 is 9.13 Å². The maximum Gasteiger partial charge on any atom is 0.165 e. The number of aromatic nitrogens is 4. The van der Waals surface area contributed by atoms with Gasteiger partial charge >= 0.3 is 0 Å². The van der Waals surface area contributed by atoms with E-state index in [0.717, 1.165) is 26.2 Å². The number of benzene rings is 2.